The molecule has 0 saturated heterocycles. The maximum absolute atomic E-state index is 12.9. The lowest BCUT2D eigenvalue weighted by atomic mass is 9.78. The van der Waals surface area contributed by atoms with Crippen molar-refractivity contribution in [1.29, 1.82) is 0 Å². The average Bonchev–Trinajstić information content (AvgIpc) is 2.39. The fraction of sp³-hybridized carbons (Fsp3) is 0.562. The minimum absolute atomic E-state index is 0.129. The average molecular weight is 263 g/mol. The molecule has 0 spiro atoms. The Morgan fingerprint density at radius 1 is 1.32 bits per heavy atom. The summed E-state index contributed by atoms with van der Waals surface area (Å²) in [6.07, 6.45) is 4.66. The van der Waals surface area contributed by atoms with Gasteiger partial charge in [0, 0.05) is 20.5 Å². The lowest BCUT2D eigenvalue weighted by Crippen LogP contribution is -2.31. The standard InChI is InChI=1S/C16H22FNO/c1-12(19)18(2)11-13-4-3-5-15(10-13)14-6-8-16(17)9-7-14/h6-9,13,15H,3-5,10-11H2,1-2H3. The summed E-state index contributed by atoms with van der Waals surface area (Å²) in [5.74, 6) is 1.04. The SMILES string of the molecule is CC(=O)N(C)CC1CCCC(c2ccc(F)cc2)C1. The molecule has 3 heteroatoms. The van der Waals surface area contributed by atoms with Crippen molar-refractivity contribution in [3.63, 3.8) is 0 Å². The summed E-state index contributed by atoms with van der Waals surface area (Å²) in [6.45, 7) is 2.45. The van der Waals surface area contributed by atoms with Crippen LogP contribution in [0.4, 0.5) is 4.39 Å². The van der Waals surface area contributed by atoms with E-state index < -0.39 is 0 Å². The van der Waals surface area contributed by atoms with Gasteiger partial charge in [0.15, 0.2) is 0 Å². The van der Waals surface area contributed by atoms with Gasteiger partial charge in [0.05, 0.1) is 0 Å². The molecule has 1 aromatic carbocycles. The number of nitrogens with zero attached hydrogens (tertiary/aromatic N) is 1. The predicted octanol–water partition coefficient (Wildman–Crippen LogP) is 3.58. The molecule has 0 aromatic heterocycles. The largest absolute Gasteiger partial charge is 0.346 e. The van der Waals surface area contributed by atoms with Crippen molar-refractivity contribution in [3.8, 4) is 0 Å². The zero-order chi connectivity index (χ0) is 13.8. The number of amides is 1. The van der Waals surface area contributed by atoms with Gasteiger partial charge >= 0.3 is 0 Å². The minimum Gasteiger partial charge on any atom is -0.346 e. The second-order valence-corrected chi connectivity index (χ2v) is 5.68. The molecule has 1 aliphatic carbocycles. The molecule has 1 amide bonds. The number of hydrogen-bond donors (Lipinski definition) is 0. The Kier molecular flexibility index (Phi) is 4.56. The van der Waals surface area contributed by atoms with E-state index >= 15 is 0 Å². The van der Waals surface area contributed by atoms with Gasteiger partial charge in [-0.05, 0) is 48.8 Å². The van der Waals surface area contributed by atoms with Crippen LogP contribution < -0.4 is 0 Å². The first-order chi connectivity index (χ1) is 9.06. The summed E-state index contributed by atoms with van der Waals surface area (Å²) in [4.78, 5) is 13.1. The number of hydrogen-bond acceptors (Lipinski definition) is 1. The number of carbonyl (C=O) groups is 1. The summed E-state index contributed by atoms with van der Waals surface area (Å²) in [6, 6.07) is 6.88. The molecular weight excluding hydrogens is 241 g/mol. The van der Waals surface area contributed by atoms with E-state index in [0.717, 1.165) is 13.0 Å². The van der Waals surface area contributed by atoms with Crippen LogP contribution in [0.15, 0.2) is 24.3 Å². The van der Waals surface area contributed by atoms with Crippen LogP contribution >= 0.6 is 0 Å². The third kappa shape index (κ3) is 3.79. The van der Waals surface area contributed by atoms with E-state index in [9.17, 15) is 9.18 Å². The summed E-state index contributed by atoms with van der Waals surface area (Å²) in [5.41, 5.74) is 1.23. The van der Waals surface area contributed by atoms with E-state index in [0.29, 0.717) is 11.8 Å². The lowest BCUT2D eigenvalue weighted by molar-refractivity contribution is -0.128. The van der Waals surface area contributed by atoms with E-state index in [2.05, 4.69) is 0 Å². The first kappa shape index (κ1) is 14.0. The van der Waals surface area contributed by atoms with Crippen LogP contribution in [0.25, 0.3) is 0 Å². The quantitative estimate of drug-likeness (QED) is 0.816. The molecule has 2 rings (SSSR count). The van der Waals surface area contributed by atoms with Gasteiger partial charge in [0.25, 0.3) is 0 Å². The Bertz CT molecular complexity index is 429. The van der Waals surface area contributed by atoms with Gasteiger partial charge in [0.1, 0.15) is 5.82 Å². The minimum atomic E-state index is -0.174. The highest BCUT2D eigenvalue weighted by atomic mass is 19.1. The number of rotatable bonds is 3. The van der Waals surface area contributed by atoms with E-state index in [1.54, 1.807) is 24.0 Å². The smallest absolute Gasteiger partial charge is 0.219 e. The maximum atomic E-state index is 12.9. The predicted molar refractivity (Wildman–Crippen MR) is 74.4 cm³/mol. The Balaban J connectivity index is 1.97. The summed E-state index contributed by atoms with van der Waals surface area (Å²) >= 11 is 0. The highest BCUT2D eigenvalue weighted by Gasteiger charge is 2.24. The zero-order valence-corrected chi connectivity index (χ0v) is 11.7. The highest BCUT2D eigenvalue weighted by molar-refractivity contribution is 5.72. The van der Waals surface area contributed by atoms with Crippen LogP contribution in [0.1, 0.15) is 44.1 Å². The first-order valence-corrected chi connectivity index (χ1v) is 7.03. The number of benzene rings is 1. The van der Waals surface area contributed by atoms with Gasteiger partial charge in [-0.3, -0.25) is 4.79 Å². The van der Waals surface area contributed by atoms with E-state index in [1.807, 2.05) is 19.2 Å². The molecule has 2 unspecified atom stereocenters. The van der Waals surface area contributed by atoms with Gasteiger partial charge in [0.2, 0.25) is 5.91 Å². The van der Waals surface area contributed by atoms with Crippen LogP contribution in [0.5, 0.6) is 0 Å². The maximum Gasteiger partial charge on any atom is 0.219 e. The van der Waals surface area contributed by atoms with Crippen LogP contribution in [-0.2, 0) is 4.79 Å². The zero-order valence-electron chi connectivity index (χ0n) is 11.7. The van der Waals surface area contributed by atoms with Gasteiger partial charge in [-0.2, -0.15) is 0 Å². The second-order valence-electron chi connectivity index (χ2n) is 5.68. The summed E-state index contributed by atoms with van der Waals surface area (Å²) in [7, 11) is 1.86. The van der Waals surface area contributed by atoms with Crippen molar-refractivity contribution in [2.75, 3.05) is 13.6 Å². The molecule has 0 bridgehead atoms. The molecule has 0 heterocycles. The fourth-order valence-electron chi connectivity index (χ4n) is 3.01. The van der Waals surface area contributed by atoms with Crippen molar-refractivity contribution >= 4 is 5.91 Å². The molecule has 0 N–H and O–H groups in total. The normalized spacial score (nSPS) is 23.1. The summed E-state index contributed by atoms with van der Waals surface area (Å²) in [5, 5.41) is 0. The third-order valence-corrected chi connectivity index (χ3v) is 4.19. The van der Waals surface area contributed by atoms with Gasteiger partial charge in [-0.15, -0.1) is 0 Å². The van der Waals surface area contributed by atoms with Crippen molar-refractivity contribution in [1.82, 2.24) is 4.90 Å². The van der Waals surface area contributed by atoms with Crippen molar-refractivity contribution in [2.45, 2.75) is 38.5 Å². The first-order valence-electron chi connectivity index (χ1n) is 7.03. The lowest BCUT2D eigenvalue weighted by Gasteiger charge is -2.32. The molecule has 0 aliphatic heterocycles. The summed E-state index contributed by atoms with van der Waals surface area (Å²) < 4.78 is 12.9. The van der Waals surface area contributed by atoms with Crippen LogP contribution in [0.3, 0.4) is 0 Å². The molecule has 2 atom stereocenters. The van der Waals surface area contributed by atoms with Gasteiger partial charge < -0.3 is 4.90 Å². The molecule has 1 saturated carbocycles. The monoisotopic (exact) mass is 263 g/mol. The van der Waals surface area contributed by atoms with Crippen molar-refractivity contribution in [3.05, 3.63) is 35.6 Å². The van der Waals surface area contributed by atoms with Crippen LogP contribution in [0.2, 0.25) is 0 Å². The Labute approximate surface area is 114 Å². The van der Waals surface area contributed by atoms with E-state index in [4.69, 9.17) is 0 Å². The second kappa shape index (κ2) is 6.18. The Morgan fingerprint density at radius 3 is 2.63 bits per heavy atom. The topological polar surface area (TPSA) is 20.3 Å². The van der Waals surface area contributed by atoms with Crippen LogP contribution in [-0.4, -0.2) is 24.4 Å². The molecule has 0 radical (unpaired) electrons. The molecule has 104 valence electrons. The molecule has 1 aliphatic rings. The third-order valence-electron chi connectivity index (χ3n) is 4.19. The molecule has 2 nitrogen and oxygen atoms in total. The Morgan fingerprint density at radius 2 is 2.00 bits per heavy atom. The molecule has 1 fully saturated rings. The number of carbonyl (C=O) groups excluding carboxylic acids is 1. The highest BCUT2D eigenvalue weighted by Crippen LogP contribution is 2.36. The Hall–Kier alpha value is -1.38. The van der Waals surface area contributed by atoms with Crippen LogP contribution in [0, 0.1) is 11.7 Å². The van der Waals surface area contributed by atoms with E-state index in [-0.39, 0.29) is 11.7 Å². The van der Waals surface area contributed by atoms with Gasteiger partial charge in [-0.1, -0.05) is 18.6 Å². The molecule has 19 heavy (non-hydrogen) atoms. The molecule has 1 aromatic rings. The van der Waals surface area contributed by atoms with E-state index in [1.165, 1.54) is 24.8 Å². The molecular formula is C16H22FNO. The van der Waals surface area contributed by atoms with Gasteiger partial charge in [-0.25, -0.2) is 4.39 Å². The van der Waals surface area contributed by atoms with Crippen molar-refractivity contribution in [2.24, 2.45) is 5.92 Å². The number of halogens is 1. The van der Waals surface area contributed by atoms with Crippen molar-refractivity contribution < 1.29 is 9.18 Å². The fourth-order valence-corrected chi connectivity index (χ4v) is 3.01.